The fourth-order valence-corrected chi connectivity index (χ4v) is 1.66. The van der Waals surface area contributed by atoms with Crippen LogP contribution in [0.25, 0.3) is 0 Å². The molecule has 0 aromatic rings. The molecule has 1 aliphatic carbocycles. The van der Waals surface area contributed by atoms with E-state index in [9.17, 15) is 4.79 Å². The van der Waals surface area contributed by atoms with E-state index < -0.39 is 0 Å². The number of ether oxygens (including phenoxy) is 1. The molecule has 0 spiro atoms. The molecule has 2 atom stereocenters. The van der Waals surface area contributed by atoms with Gasteiger partial charge in [0, 0.05) is 7.11 Å². The Kier molecular flexibility index (Phi) is 2.87. The Hall–Kier alpha value is -0.830. The summed E-state index contributed by atoms with van der Waals surface area (Å²) in [7, 11) is 1.62. The van der Waals surface area contributed by atoms with Gasteiger partial charge in [-0.15, -0.1) is 0 Å². The van der Waals surface area contributed by atoms with E-state index in [4.69, 9.17) is 10.5 Å². The number of allylic oxidation sites excluding steroid dienone is 1. The fourth-order valence-electron chi connectivity index (χ4n) is 1.66. The number of primary amides is 1. The van der Waals surface area contributed by atoms with E-state index in [2.05, 4.69) is 6.58 Å². The molecule has 0 aromatic heterocycles. The van der Waals surface area contributed by atoms with E-state index in [-0.39, 0.29) is 17.9 Å². The van der Waals surface area contributed by atoms with Gasteiger partial charge in [-0.05, 0) is 19.3 Å². The first kappa shape index (κ1) is 9.26. The van der Waals surface area contributed by atoms with Crippen molar-refractivity contribution in [3.63, 3.8) is 0 Å². The molecule has 0 radical (unpaired) electrons. The Morgan fingerprint density at radius 1 is 1.75 bits per heavy atom. The maximum absolute atomic E-state index is 11.0. The first-order chi connectivity index (χ1) is 5.65. The Morgan fingerprint density at radius 3 is 2.92 bits per heavy atom. The highest BCUT2D eigenvalue weighted by atomic mass is 16.5. The second kappa shape index (κ2) is 3.72. The van der Waals surface area contributed by atoms with Gasteiger partial charge in [-0.1, -0.05) is 12.2 Å². The third kappa shape index (κ3) is 1.85. The van der Waals surface area contributed by atoms with E-state index in [0.29, 0.717) is 6.42 Å². The van der Waals surface area contributed by atoms with Crippen LogP contribution in [0.5, 0.6) is 0 Å². The van der Waals surface area contributed by atoms with Crippen molar-refractivity contribution in [3.05, 3.63) is 12.2 Å². The molecule has 0 saturated heterocycles. The van der Waals surface area contributed by atoms with Crippen molar-refractivity contribution >= 4 is 5.91 Å². The number of rotatable bonds is 2. The van der Waals surface area contributed by atoms with Crippen LogP contribution in [0.2, 0.25) is 0 Å². The molecular weight excluding hydrogens is 154 g/mol. The monoisotopic (exact) mass is 169 g/mol. The Morgan fingerprint density at radius 2 is 2.42 bits per heavy atom. The molecule has 1 aliphatic rings. The van der Waals surface area contributed by atoms with Crippen LogP contribution in [0.1, 0.15) is 19.3 Å². The maximum Gasteiger partial charge on any atom is 0.223 e. The number of nitrogens with two attached hydrogens (primary N) is 1. The summed E-state index contributed by atoms with van der Waals surface area (Å²) in [6.07, 6.45) is 2.49. The van der Waals surface area contributed by atoms with Crippen molar-refractivity contribution in [1.82, 2.24) is 0 Å². The van der Waals surface area contributed by atoms with Crippen LogP contribution in [0.15, 0.2) is 12.2 Å². The van der Waals surface area contributed by atoms with Crippen molar-refractivity contribution < 1.29 is 9.53 Å². The fraction of sp³-hybridized carbons (Fsp3) is 0.667. The van der Waals surface area contributed by atoms with E-state index in [1.54, 1.807) is 7.11 Å². The molecule has 2 N–H and O–H groups in total. The lowest BCUT2D eigenvalue weighted by atomic mass is 9.83. The van der Waals surface area contributed by atoms with Crippen LogP contribution in [0.4, 0.5) is 0 Å². The third-order valence-electron chi connectivity index (χ3n) is 2.41. The third-order valence-corrected chi connectivity index (χ3v) is 2.41. The van der Waals surface area contributed by atoms with Crippen molar-refractivity contribution in [2.75, 3.05) is 7.11 Å². The van der Waals surface area contributed by atoms with Crippen LogP contribution < -0.4 is 5.73 Å². The van der Waals surface area contributed by atoms with Gasteiger partial charge in [0.05, 0.1) is 12.0 Å². The maximum atomic E-state index is 11.0. The average molecular weight is 169 g/mol. The molecule has 3 nitrogen and oxygen atoms in total. The van der Waals surface area contributed by atoms with Crippen LogP contribution in [-0.2, 0) is 9.53 Å². The molecule has 0 aliphatic heterocycles. The van der Waals surface area contributed by atoms with Crippen LogP contribution in [0.3, 0.4) is 0 Å². The molecule has 0 aromatic carbocycles. The molecule has 2 unspecified atom stereocenters. The molecule has 12 heavy (non-hydrogen) atoms. The highest BCUT2D eigenvalue weighted by Crippen LogP contribution is 2.29. The molecule has 0 bridgehead atoms. The van der Waals surface area contributed by atoms with Gasteiger partial charge in [0.15, 0.2) is 0 Å². The second-order valence-corrected chi connectivity index (χ2v) is 3.28. The lowest BCUT2D eigenvalue weighted by Gasteiger charge is -2.29. The summed E-state index contributed by atoms with van der Waals surface area (Å²) >= 11 is 0. The summed E-state index contributed by atoms with van der Waals surface area (Å²) in [5.41, 5.74) is 6.34. The summed E-state index contributed by atoms with van der Waals surface area (Å²) in [5.74, 6) is -0.445. The lowest BCUT2D eigenvalue weighted by molar-refractivity contribution is -0.127. The van der Waals surface area contributed by atoms with Gasteiger partial charge in [0.25, 0.3) is 0 Å². The van der Waals surface area contributed by atoms with Gasteiger partial charge in [0.2, 0.25) is 5.91 Å². The normalized spacial score (nSPS) is 30.2. The summed E-state index contributed by atoms with van der Waals surface area (Å²) in [5, 5.41) is 0. The molecule has 1 fully saturated rings. The van der Waals surface area contributed by atoms with Crippen molar-refractivity contribution in [3.8, 4) is 0 Å². The van der Waals surface area contributed by atoms with Crippen molar-refractivity contribution in [2.24, 2.45) is 11.7 Å². The minimum absolute atomic E-state index is 0.00648. The van der Waals surface area contributed by atoms with Gasteiger partial charge in [0.1, 0.15) is 0 Å². The zero-order valence-electron chi connectivity index (χ0n) is 7.38. The minimum atomic E-state index is -0.275. The summed E-state index contributed by atoms with van der Waals surface area (Å²) in [6, 6.07) is 0. The van der Waals surface area contributed by atoms with Gasteiger partial charge >= 0.3 is 0 Å². The number of carbonyl (C=O) groups is 1. The van der Waals surface area contributed by atoms with Crippen molar-refractivity contribution in [2.45, 2.75) is 25.4 Å². The molecule has 68 valence electrons. The number of hydrogen-bond acceptors (Lipinski definition) is 2. The quantitative estimate of drug-likeness (QED) is 0.623. The number of hydrogen-bond donors (Lipinski definition) is 1. The van der Waals surface area contributed by atoms with Gasteiger partial charge in [-0.3, -0.25) is 4.79 Å². The van der Waals surface area contributed by atoms with Gasteiger partial charge in [-0.2, -0.15) is 0 Å². The zero-order chi connectivity index (χ0) is 9.14. The topological polar surface area (TPSA) is 52.3 Å². The summed E-state index contributed by atoms with van der Waals surface area (Å²) < 4.78 is 5.17. The number of methoxy groups -OCH3 is 1. The predicted octanol–water partition coefficient (Wildman–Crippen LogP) is 0.843. The molecular formula is C9H15NO2. The molecule has 1 rings (SSSR count). The van der Waals surface area contributed by atoms with Crippen molar-refractivity contribution in [1.29, 1.82) is 0 Å². The smallest absolute Gasteiger partial charge is 0.223 e. The predicted molar refractivity (Wildman–Crippen MR) is 46.5 cm³/mol. The van der Waals surface area contributed by atoms with E-state index in [1.807, 2.05) is 0 Å². The molecule has 3 heteroatoms. The standard InChI is InChI=1S/C9H15NO2/c1-6-3-4-8(12-2)7(5-6)9(10)11/h7-8H,1,3-5H2,2H3,(H2,10,11). The lowest BCUT2D eigenvalue weighted by Crippen LogP contribution is -2.37. The highest BCUT2D eigenvalue weighted by Gasteiger charge is 2.30. The van der Waals surface area contributed by atoms with E-state index in [0.717, 1.165) is 18.4 Å². The zero-order valence-corrected chi connectivity index (χ0v) is 7.38. The summed E-state index contributed by atoms with van der Waals surface area (Å²) in [4.78, 5) is 11.0. The molecule has 0 heterocycles. The first-order valence-corrected chi connectivity index (χ1v) is 4.14. The largest absolute Gasteiger partial charge is 0.381 e. The molecule has 1 saturated carbocycles. The van der Waals surface area contributed by atoms with Crippen LogP contribution in [-0.4, -0.2) is 19.1 Å². The summed E-state index contributed by atoms with van der Waals surface area (Å²) in [6.45, 7) is 3.85. The van der Waals surface area contributed by atoms with Crippen LogP contribution >= 0.6 is 0 Å². The minimum Gasteiger partial charge on any atom is -0.381 e. The first-order valence-electron chi connectivity index (χ1n) is 4.14. The van der Waals surface area contributed by atoms with Gasteiger partial charge < -0.3 is 10.5 Å². The van der Waals surface area contributed by atoms with E-state index >= 15 is 0 Å². The Bertz CT molecular complexity index is 201. The Labute approximate surface area is 72.6 Å². The Balaban J connectivity index is 2.64. The highest BCUT2D eigenvalue weighted by molar-refractivity contribution is 5.77. The molecule has 1 amide bonds. The average Bonchev–Trinajstić information content (AvgIpc) is 2.04. The second-order valence-electron chi connectivity index (χ2n) is 3.28. The SMILES string of the molecule is C=C1CCC(OC)C(C(N)=O)C1. The number of carbonyl (C=O) groups excluding carboxylic acids is 1. The van der Waals surface area contributed by atoms with E-state index in [1.165, 1.54) is 0 Å². The van der Waals surface area contributed by atoms with Crippen LogP contribution in [0, 0.1) is 5.92 Å². The number of amides is 1. The van der Waals surface area contributed by atoms with Gasteiger partial charge in [-0.25, -0.2) is 0 Å².